The average molecular weight is 628 g/mol. The van der Waals surface area contributed by atoms with E-state index >= 15 is 0 Å². The highest BCUT2D eigenvalue weighted by Gasteiger charge is 2.49. The molecule has 2 aromatic carbocycles. The molecule has 1 heterocycles. The SMILES string of the molecule is CC(C)N(CCN1C(=O)N(C)C(C)(C)C1=O)[C@@H](CN(c1ccc(Oc2ccc(C(F)(F)F)cc2)cc1)S(C)(=O)=O)C(N)=O. The number of hydrogen-bond donors (Lipinski definition) is 1. The second-order valence-electron chi connectivity index (χ2n) is 11.0. The molecule has 15 heteroatoms. The zero-order valence-electron chi connectivity index (χ0n) is 24.8. The van der Waals surface area contributed by atoms with Gasteiger partial charge in [-0.1, -0.05) is 0 Å². The van der Waals surface area contributed by atoms with Crippen molar-refractivity contribution in [2.24, 2.45) is 5.73 Å². The predicted molar refractivity (Wildman–Crippen MR) is 154 cm³/mol. The summed E-state index contributed by atoms with van der Waals surface area (Å²) in [6.07, 6.45) is -3.52. The number of halogens is 3. The van der Waals surface area contributed by atoms with Gasteiger partial charge in [0.05, 0.1) is 24.1 Å². The molecule has 0 spiro atoms. The van der Waals surface area contributed by atoms with Crippen LogP contribution in [0.4, 0.5) is 23.7 Å². The molecule has 11 nitrogen and oxygen atoms in total. The van der Waals surface area contributed by atoms with Crippen LogP contribution in [-0.4, -0.2) is 91.5 Å². The van der Waals surface area contributed by atoms with Crippen molar-refractivity contribution >= 4 is 33.6 Å². The highest BCUT2D eigenvalue weighted by atomic mass is 32.2. The van der Waals surface area contributed by atoms with Crippen LogP contribution in [0.5, 0.6) is 11.5 Å². The second kappa shape index (κ2) is 12.4. The number of amides is 4. The van der Waals surface area contributed by atoms with Crippen molar-refractivity contribution in [1.29, 1.82) is 0 Å². The van der Waals surface area contributed by atoms with Gasteiger partial charge < -0.3 is 15.4 Å². The zero-order chi connectivity index (χ0) is 32.5. The molecule has 4 amide bonds. The third kappa shape index (κ3) is 7.57. The number of primary amides is 1. The van der Waals surface area contributed by atoms with Crippen molar-refractivity contribution in [3.63, 3.8) is 0 Å². The lowest BCUT2D eigenvalue weighted by Crippen LogP contribution is -2.56. The molecule has 1 aliphatic heterocycles. The Morgan fingerprint density at radius 2 is 1.53 bits per heavy atom. The zero-order valence-corrected chi connectivity index (χ0v) is 25.6. The Morgan fingerprint density at radius 3 is 1.93 bits per heavy atom. The maximum Gasteiger partial charge on any atom is 0.416 e. The number of alkyl halides is 3. The normalized spacial score (nSPS) is 16.3. The first-order valence-electron chi connectivity index (χ1n) is 13.3. The van der Waals surface area contributed by atoms with Crippen LogP contribution in [0.3, 0.4) is 0 Å². The van der Waals surface area contributed by atoms with Gasteiger partial charge >= 0.3 is 12.2 Å². The van der Waals surface area contributed by atoms with Crippen LogP contribution < -0.4 is 14.8 Å². The molecule has 3 rings (SSSR count). The van der Waals surface area contributed by atoms with Crippen LogP contribution in [0, 0.1) is 0 Å². The summed E-state index contributed by atoms with van der Waals surface area (Å²) in [5, 5.41) is 0. The average Bonchev–Trinajstić information content (AvgIpc) is 3.04. The van der Waals surface area contributed by atoms with E-state index in [9.17, 15) is 36.0 Å². The lowest BCUT2D eigenvalue weighted by molar-refractivity contribution is -0.137. The maximum absolute atomic E-state index is 12.9. The fourth-order valence-electron chi connectivity index (χ4n) is 4.64. The van der Waals surface area contributed by atoms with Crippen molar-refractivity contribution in [3.8, 4) is 11.5 Å². The number of carbonyl (C=O) groups is 3. The quantitative estimate of drug-likeness (QED) is 0.356. The molecule has 1 saturated heterocycles. The van der Waals surface area contributed by atoms with Crippen molar-refractivity contribution in [1.82, 2.24) is 14.7 Å². The fraction of sp³-hybridized carbons (Fsp3) is 0.464. The molecule has 0 saturated carbocycles. The molecule has 2 aromatic rings. The maximum atomic E-state index is 12.9. The van der Waals surface area contributed by atoms with E-state index in [1.54, 1.807) is 32.6 Å². The van der Waals surface area contributed by atoms with E-state index in [1.165, 1.54) is 48.3 Å². The molecular weight excluding hydrogens is 591 g/mol. The van der Waals surface area contributed by atoms with Crippen LogP contribution in [0.2, 0.25) is 0 Å². The number of anilines is 1. The molecule has 1 atom stereocenters. The van der Waals surface area contributed by atoms with Crippen molar-refractivity contribution in [2.75, 3.05) is 37.2 Å². The molecule has 1 aliphatic rings. The first kappa shape index (κ1) is 33.6. The Labute approximate surface area is 249 Å². The monoisotopic (exact) mass is 627 g/mol. The molecule has 0 aromatic heterocycles. The predicted octanol–water partition coefficient (Wildman–Crippen LogP) is 3.50. The van der Waals surface area contributed by atoms with Gasteiger partial charge in [0.15, 0.2) is 0 Å². The summed E-state index contributed by atoms with van der Waals surface area (Å²) in [6, 6.07) is 7.90. The minimum atomic E-state index is -4.49. The van der Waals surface area contributed by atoms with Gasteiger partial charge in [-0.05, 0) is 76.2 Å². The summed E-state index contributed by atoms with van der Waals surface area (Å²) in [5.41, 5.74) is 4.08. The second-order valence-corrected chi connectivity index (χ2v) is 12.9. The number of likely N-dealkylation sites (N-methyl/N-ethyl adjacent to an activating group) is 1. The number of imide groups is 1. The first-order chi connectivity index (χ1) is 19.7. The van der Waals surface area contributed by atoms with E-state index in [1.807, 2.05) is 0 Å². The Hall–Kier alpha value is -3.85. The number of urea groups is 1. The summed E-state index contributed by atoms with van der Waals surface area (Å²) in [5.74, 6) is -0.816. The number of hydrogen-bond acceptors (Lipinski definition) is 7. The number of benzene rings is 2. The molecular formula is C28H36F3N5O6S. The minimum Gasteiger partial charge on any atom is -0.457 e. The van der Waals surface area contributed by atoms with Crippen molar-refractivity contribution < 1.29 is 40.7 Å². The van der Waals surface area contributed by atoms with Crippen LogP contribution >= 0.6 is 0 Å². The number of nitrogens with zero attached hydrogens (tertiary/aromatic N) is 4. The summed E-state index contributed by atoms with van der Waals surface area (Å²) in [6.45, 7) is 6.47. The Balaban J connectivity index is 1.81. The molecule has 1 fully saturated rings. The van der Waals surface area contributed by atoms with E-state index in [-0.39, 0.29) is 42.9 Å². The van der Waals surface area contributed by atoms with Crippen molar-refractivity contribution in [2.45, 2.75) is 51.5 Å². The molecule has 2 N–H and O–H groups in total. The standard InChI is InChI=1S/C28H36F3N5O6S/c1-18(2)34(15-16-35-25(38)27(3,4)33(5)26(35)39)23(24(32)37)17-36(43(6,40)41)20-9-13-22(14-10-20)42-21-11-7-19(8-12-21)28(29,30)31/h7-14,18,23H,15-17H2,1-6H3,(H2,32,37)/t23-/m0/s1. The van der Waals surface area contributed by atoms with E-state index in [0.717, 1.165) is 27.6 Å². The Kier molecular flexibility index (Phi) is 9.71. The molecule has 0 unspecified atom stereocenters. The fourth-order valence-corrected chi connectivity index (χ4v) is 5.56. The summed E-state index contributed by atoms with van der Waals surface area (Å²) >= 11 is 0. The van der Waals surface area contributed by atoms with Gasteiger partial charge in [-0.25, -0.2) is 13.2 Å². The lowest BCUT2D eigenvalue weighted by Gasteiger charge is -2.36. The van der Waals surface area contributed by atoms with Gasteiger partial charge in [0.1, 0.15) is 23.1 Å². The van der Waals surface area contributed by atoms with E-state index in [2.05, 4.69) is 0 Å². The van der Waals surface area contributed by atoms with Gasteiger partial charge in [0.25, 0.3) is 5.91 Å². The number of sulfonamides is 1. The Morgan fingerprint density at radius 1 is 1.02 bits per heavy atom. The van der Waals surface area contributed by atoms with Gasteiger partial charge in [0, 0.05) is 26.2 Å². The van der Waals surface area contributed by atoms with E-state index < -0.39 is 51.2 Å². The number of ether oxygens (including phenoxy) is 1. The van der Waals surface area contributed by atoms with Crippen LogP contribution in [-0.2, 0) is 25.8 Å². The summed E-state index contributed by atoms with van der Waals surface area (Å²) in [7, 11) is -2.42. The highest BCUT2D eigenvalue weighted by Crippen LogP contribution is 2.32. The Bertz CT molecular complexity index is 1450. The summed E-state index contributed by atoms with van der Waals surface area (Å²) in [4.78, 5) is 42.3. The molecule has 0 radical (unpaired) electrons. The van der Waals surface area contributed by atoms with Crippen LogP contribution in [0.25, 0.3) is 0 Å². The van der Waals surface area contributed by atoms with Gasteiger partial charge in [-0.3, -0.25) is 23.7 Å². The van der Waals surface area contributed by atoms with E-state index in [4.69, 9.17) is 10.5 Å². The third-order valence-electron chi connectivity index (χ3n) is 7.38. The minimum absolute atomic E-state index is 0.0394. The van der Waals surface area contributed by atoms with E-state index in [0.29, 0.717) is 0 Å². The highest BCUT2D eigenvalue weighted by molar-refractivity contribution is 7.92. The number of rotatable bonds is 12. The largest absolute Gasteiger partial charge is 0.457 e. The number of nitrogens with two attached hydrogens (primary N) is 1. The molecule has 0 bridgehead atoms. The summed E-state index contributed by atoms with van der Waals surface area (Å²) < 4.78 is 70.8. The van der Waals surface area contributed by atoms with Crippen LogP contribution in [0.1, 0.15) is 33.3 Å². The van der Waals surface area contributed by atoms with Gasteiger partial charge in [-0.2, -0.15) is 13.2 Å². The van der Waals surface area contributed by atoms with Gasteiger partial charge in [0.2, 0.25) is 15.9 Å². The topological polar surface area (TPSA) is 134 Å². The lowest BCUT2D eigenvalue weighted by atomic mass is 10.1. The van der Waals surface area contributed by atoms with Crippen LogP contribution in [0.15, 0.2) is 48.5 Å². The van der Waals surface area contributed by atoms with Gasteiger partial charge in [-0.15, -0.1) is 0 Å². The molecule has 236 valence electrons. The smallest absolute Gasteiger partial charge is 0.416 e. The third-order valence-corrected chi connectivity index (χ3v) is 8.54. The molecule has 43 heavy (non-hydrogen) atoms. The van der Waals surface area contributed by atoms with Crippen molar-refractivity contribution in [3.05, 3.63) is 54.1 Å². The first-order valence-corrected chi connectivity index (χ1v) is 15.2. The number of carbonyl (C=O) groups excluding carboxylic acids is 3. The molecule has 0 aliphatic carbocycles.